The maximum absolute atomic E-state index is 5.95. The molecule has 0 atom stereocenters. The first-order valence-corrected chi connectivity index (χ1v) is 10.7. The molecular weight excluding hydrogens is 364 g/mol. The number of ether oxygens (including phenoxy) is 1. The average molecular weight is 399 g/mol. The second kappa shape index (κ2) is 10.3. The summed E-state index contributed by atoms with van der Waals surface area (Å²) in [6.45, 7) is 8.04. The molecule has 1 heterocycles. The first-order valence-electron chi connectivity index (χ1n) is 10.7. The molecule has 158 valence electrons. The Morgan fingerprint density at radius 1 is 1.24 bits per heavy atom. The van der Waals surface area contributed by atoms with Gasteiger partial charge in [-0.1, -0.05) is 31.9 Å². The van der Waals surface area contributed by atoms with Crippen LogP contribution in [0.4, 0.5) is 0 Å². The number of guanidine groups is 1. The maximum Gasteiger partial charge on any atom is 0.192 e. The van der Waals surface area contributed by atoms with Crippen LogP contribution in [-0.4, -0.2) is 33.4 Å². The number of benzene rings is 1. The smallest absolute Gasteiger partial charge is 0.192 e. The maximum atomic E-state index is 5.95. The van der Waals surface area contributed by atoms with Crippen molar-refractivity contribution in [3.05, 3.63) is 41.0 Å². The van der Waals surface area contributed by atoms with Crippen molar-refractivity contribution in [2.45, 2.75) is 72.0 Å². The molecule has 7 heteroatoms. The third-order valence-electron chi connectivity index (χ3n) is 5.38. The number of nitrogens with one attached hydrogen (secondary N) is 2. The van der Waals surface area contributed by atoms with Crippen LogP contribution in [0.15, 0.2) is 23.2 Å². The molecule has 29 heavy (non-hydrogen) atoms. The minimum absolute atomic E-state index is 0.483. The van der Waals surface area contributed by atoms with Gasteiger partial charge in [-0.3, -0.25) is 0 Å². The minimum atomic E-state index is 0.483. The van der Waals surface area contributed by atoms with Crippen molar-refractivity contribution in [3.63, 3.8) is 0 Å². The van der Waals surface area contributed by atoms with Crippen LogP contribution in [0, 0.1) is 13.8 Å². The summed E-state index contributed by atoms with van der Waals surface area (Å²) < 4.78 is 7.95. The molecule has 1 aromatic carbocycles. The molecular formula is C22H34N6O. The number of rotatable bonds is 8. The van der Waals surface area contributed by atoms with Crippen LogP contribution >= 0.6 is 0 Å². The van der Waals surface area contributed by atoms with E-state index >= 15 is 0 Å². The summed E-state index contributed by atoms with van der Waals surface area (Å²) >= 11 is 0. The summed E-state index contributed by atoms with van der Waals surface area (Å²) in [6, 6.07) is 6.81. The molecule has 1 fully saturated rings. The number of hydrogen-bond acceptors (Lipinski definition) is 4. The number of aromatic nitrogens is 3. The van der Waals surface area contributed by atoms with E-state index in [4.69, 9.17) is 9.73 Å². The van der Waals surface area contributed by atoms with Crippen LogP contribution < -0.4 is 15.4 Å². The third-order valence-corrected chi connectivity index (χ3v) is 5.38. The second-order valence-electron chi connectivity index (χ2n) is 7.83. The molecule has 0 unspecified atom stereocenters. The third kappa shape index (κ3) is 5.95. The van der Waals surface area contributed by atoms with Crippen LogP contribution in [0.3, 0.4) is 0 Å². The van der Waals surface area contributed by atoms with Crippen LogP contribution in [0.2, 0.25) is 0 Å². The molecule has 0 bridgehead atoms. The molecule has 2 N–H and O–H groups in total. The Hall–Kier alpha value is -2.57. The zero-order chi connectivity index (χ0) is 20.6. The molecule has 1 saturated carbocycles. The quantitative estimate of drug-likeness (QED) is 0.526. The fraction of sp³-hybridized carbons (Fsp3) is 0.591. The van der Waals surface area contributed by atoms with Crippen LogP contribution in [-0.2, 0) is 20.1 Å². The van der Waals surface area contributed by atoms with E-state index in [-0.39, 0.29) is 0 Å². The monoisotopic (exact) mass is 398 g/mol. The van der Waals surface area contributed by atoms with E-state index in [1.807, 2.05) is 18.5 Å². The fourth-order valence-corrected chi connectivity index (χ4v) is 3.49. The van der Waals surface area contributed by atoms with Crippen LogP contribution in [0.5, 0.6) is 5.75 Å². The van der Waals surface area contributed by atoms with Gasteiger partial charge in [-0.15, -0.1) is 10.2 Å². The number of hydrogen-bond donors (Lipinski definition) is 2. The van der Waals surface area contributed by atoms with Gasteiger partial charge >= 0.3 is 0 Å². The van der Waals surface area contributed by atoms with Crippen LogP contribution in [0.25, 0.3) is 0 Å². The highest BCUT2D eigenvalue weighted by Crippen LogP contribution is 2.22. The van der Waals surface area contributed by atoms with Gasteiger partial charge in [0.05, 0.1) is 19.7 Å². The largest absolute Gasteiger partial charge is 0.493 e. The molecule has 0 aliphatic heterocycles. The zero-order valence-electron chi connectivity index (χ0n) is 18.2. The summed E-state index contributed by atoms with van der Waals surface area (Å²) in [6.07, 6.45) is 5.93. The van der Waals surface area contributed by atoms with E-state index < -0.39 is 0 Å². The molecule has 1 aromatic heterocycles. The first-order chi connectivity index (χ1) is 14.1. The lowest BCUT2D eigenvalue weighted by Crippen LogP contribution is -2.42. The number of aliphatic imine (C=N–C) groups is 1. The molecule has 2 aromatic rings. The zero-order valence-corrected chi connectivity index (χ0v) is 18.2. The van der Waals surface area contributed by atoms with Gasteiger partial charge in [-0.25, -0.2) is 4.99 Å². The van der Waals surface area contributed by atoms with Crippen molar-refractivity contribution < 1.29 is 4.74 Å². The first kappa shape index (κ1) is 21.1. The second-order valence-corrected chi connectivity index (χ2v) is 7.83. The molecule has 1 aliphatic carbocycles. The topological polar surface area (TPSA) is 76.4 Å². The molecule has 3 rings (SSSR count). The number of aryl methyl sites for hydroxylation is 2. The highest BCUT2D eigenvalue weighted by molar-refractivity contribution is 5.80. The Bertz CT molecular complexity index is 823. The Morgan fingerprint density at radius 2 is 2.03 bits per heavy atom. The highest BCUT2D eigenvalue weighted by Gasteiger charge is 2.17. The summed E-state index contributed by atoms with van der Waals surface area (Å²) in [7, 11) is 1.98. The van der Waals surface area contributed by atoms with E-state index in [0.717, 1.165) is 41.9 Å². The minimum Gasteiger partial charge on any atom is -0.493 e. The Morgan fingerprint density at radius 3 is 2.72 bits per heavy atom. The van der Waals surface area contributed by atoms with Crippen LogP contribution in [0.1, 0.15) is 61.8 Å². The SMILES string of the molecule is CCCOc1cc(C)ccc1CN=C(NCc1nnc(C)n1C)NC1CCCC1. The van der Waals surface area contributed by atoms with Crippen molar-refractivity contribution in [1.82, 2.24) is 25.4 Å². The highest BCUT2D eigenvalue weighted by atomic mass is 16.5. The average Bonchev–Trinajstić information content (AvgIpc) is 3.34. The van der Waals surface area contributed by atoms with Gasteiger partial charge in [-0.05, 0) is 44.7 Å². The number of nitrogens with zero attached hydrogens (tertiary/aromatic N) is 4. The Kier molecular flexibility index (Phi) is 7.49. The lowest BCUT2D eigenvalue weighted by Gasteiger charge is -2.18. The van der Waals surface area contributed by atoms with E-state index in [9.17, 15) is 0 Å². The summed E-state index contributed by atoms with van der Waals surface area (Å²) in [5.74, 6) is 3.55. The Labute approximate surface area is 174 Å². The molecule has 0 spiro atoms. The van der Waals surface area contributed by atoms with E-state index in [2.05, 4.69) is 52.9 Å². The summed E-state index contributed by atoms with van der Waals surface area (Å²) in [5, 5.41) is 15.4. The van der Waals surface area contributed by atoms with Gasteiger partial charge in [-0.2, -0.15) is 0 Å². The lowest BCUT2D eigenvalue weighted by molar-refractivity contribution is 0.314. The van der Waals surface area contributed by atoms with Gasteiger partial charge in [0.2, 0.25) is 0 Å². The Balaban J connectivity index is 1.72. The van der Waals surface area contributed by atoms with Gasteiger partial charge in [0.15, 0.2) is 11.8 Å². The lowest BCUT2D eigenvalue weighted by atomic mass is 10.1. The normalized spacial score (nSPS) is 15.0. The van der Waals surface area contributed by atoms with E-state index in [1.54, 1.807) is 0 Å². The standard InChI is InChI=1S/C22H34N6O/c1-5-12-29-20-13-16(2)10-11-18(20)14-23-22(25-19-8-6-7-9-19)24-15-21-27-26-17(3)28(21)4/h10-11,13,19H,5-9,12,14-15H2,1-4H3,(H2,23,24,25). The van der Waals surface area contributed by atoms with Crippen molar-refractivity contribution in [3.8, 4) is 5.75 Å². The fourth-order valence-electron chi connectivity index (χ4n) is 3.49. The van der Waals surface area contributed by atoms with Gasteiger partial charge in [0, 0.05) is 18.7 Å². The van der Waals surface area contributed by atoms with Crippen molar-refractivity contribution in [1.29, 1.82) is 0 Å². The molecule has 0 amide bonds. The molecule has 7 nitrogen and oxygen atoms in total. The van der Waals surface area contributed by atoms with Gasteiger partial charge in [0.1, 0.15) is 11.6 Å². The summed E-state index contributed by atoms with van der Waals surface area (Å²) in [4.78, 5) is 4.86. The van der Waals surface area contributed by atoms with Crippen molar-refractivity contribution in [2.75, 3.05) is 6.61 Å². The summed E-state index contributed by atoms with van der Waals surface area (Å²) in [5.41, 5.74) is 2.30. The van der Waals surface area contributed by atoms with Gasteiger partial charge in [0.25, 0.3) is 0 Å². The van der Waals surface area contributed by atoms with Gasteiger partial charge < -0.3 is 19.9 Å². The van der Waals surface area contributed by atoms with Crippen molar-refractivity contribution in [2.24, 2.45) is 12.0 Å². The predicted octanol–water partition coefficient (Wildman–Crippen LogP) is 3.40. The van der Waals surface area contributed by atoms with E-state index in [1.165, 1.54) is 31.2 Å². The van der Waals surface area contributed by atoms with Crippen molar-refractivity contribution >= 4 is 5.96 Å². The predicted molar refractivity (Wildman–Crippen MR) is 116 cm³/mol. The molecule has 0 radical (unpaired) electrons. The molecule has 1 aliphatic rings. The molecule has 0 saturated heterocycles. The van der Waals surface area contributed by atoms with E-state index in [0.29, 0.717) is 19.1 Å².